The maximum absolute atomic E-state index is 11.5. The second-order valence-corrected chi connectivity index (χ2v) is 4.17. The predicted molar refractivity (Wildman–Crippen MR) is 60.0 cm³/mol. The van der Waals surface area contributed by atoms with E-state index in [0.29, 0.717) is 18.5 Å². The smallest absolute Gasteiger partial charge is 0.354 e. The average Bonchev–Trinajstić information content (AvgIpc) is 2.62. The number of halogens is 1. The molecular weight excluding hydrogens is 246 g/mol. The molecule has 0 aromatic carbocycles. The molecule has 0 aliphatic carbocycles. The standard InChI is InChI=1S/C10H12ClN3O3/c1-13-9(10(16)17)6-5-14(8(15)4-11)3-2-7(6)12-13/h2-5H2,1H3,(H,16,17). The number of hydrogen-bond acceptors (Lipinski definition) is 3. The number of alkyl halides is 1. The van der Waals surface area contributed by atoms with E-state index in [-0.39, 0.29) is 24.0 Å². The Morgan fingerprint density at radius 1 is 1.53 bits per heavy atom. The fourth-order valence-electron chi connectivity index (χ4n) is 2.07. The Hall–Kier alpha value is -1.56. The van der Waals surface area contributed by atoms with Gasteiger partial charge in [-0.3, -0.25) is 9.48 Å². The molecule has 0 unspecified atom stereocenters. The van der Waals surface area contributed by atoms with E-state index in [0.717, 1.165) is 5.69 Å². The quantitative estimate of drug-likeness (QED) is 0.771. The molecule has 6 nitrogen and oxygen atoms in total. The maximum Gasteiger partial charge on any atom is 0.354 e. The second kappa shape index (κ2) is 4.37. The number of hydrogen-bond donors (Lipinski definition) is 1. The van der Waals surface area contributed by atoms with Gasteiger partial charge in [0.05, 0.1) is 5.69 Å². The summed E-state index contributed by atoms with van der Waals surface area (Å²) in [5.41, 5.74) is 1.51. The summed E-state index contributed by atoms with van der Waals surface area (Å²) in [6.45, 7) is 0.811. The summed E-state index contributed by atoms with van der Waals surface area (Å²) in [5.74, 6) is -1.29. The van der Waals surface area contributed by atoms with Crippen LogP contribution in [0.3, 0.4) is 0 Å². The molecule has 0 atom stereocenters. The van der Waals surface area contributed by atoms with Crippen molar-refractivity contribution in [1.82, 2.24) is 14.7 Å². The molecule has 17 heavy (non-hydrogen) atoms. The molecular formula is C10H12ClN3O3. The third-order valence-corrected chi connectivity index (χ3v) is 3.09. The van der Waals surface area contributed by atoms with Crippen LogP contribution in [0.4, 0.5) is 0 Å². The first kappa shape index (κ1) is 11.9. The summed E-state index contributed by atoms with van der Waals surface area (Å²) in [6.07, 6.45) is 0.569. The van der Waals surface area contributed by atoms with Crippen molar-refractivity contribution in [3.8, 4) is 0 Å². The van der Waals surface area contributed by atoms with Crippen LogP contribution < -0.4 is 0 Å². The Bertz CT molecular complexity index is 483. The van der Waals surface area contributed by atoms with Gasteiger partial charge in [-0.25, -0.2) is 4.79 Å². The van der Waals surface area contributed by atoms with E-state index in [1.54, 1.807) is 11.9 Å². The van der Waals surface area contributed by atoms with Gasteiger partial charge in [0.2, 0.25) is 5.91 Å². The Morgan fingerprint density at radius 3 is 2.82 bits per heavy atom. The monoisotopic (exact) mass is 257 g/mol. The fourth-order valence-corrected chi connectivity index (χ4v) is 2.24. The van der Waals surface area contributed by atoms with Crippen molar-refractivity contribution < 1.29 is 14.7 Å². The highest BCUT2D eigenvalue weighted by molar-refractivity contribution is 6.27. The van der Waals surface area contributed by atoms with Crippen molar-refractivity contribution in [2.45, 2.75) is 13.0 Å². The Balaban J connectivity index is 2.36. The summed E-state index contributed by atoms with van der Waals surface area (Å²) in [6, 6.07) is 0. The minimum Gasteiger partial charge on any atom is -0.477 e. The Labute approximate surface area is 103 Å². The lowest BCUT2D eigenvalue weighted by molar-refractivity contribution is -0.129. The van der Waals surface area contributed by atoms with Crippen LogP contribution in [0, 0.1) is 0 Å². The summed E-state index contributed by atoms with van der Waals surface area (Å²) in [7, 11) is 1.59. The van der Waals surface area contributed by atoms with Gasteiger partial charge in [0.15, 0.2) is 5.69 Å². The van der Waals surface area contributed by atoms with Gasteiger partial charge in [-0.05, 0) is 0 Å². The van der Waals surface area contributed by atoms with Crippen molar-refractivity contribution in [3.63, 3.8) is 0 Å². The second-order valence-electron chi connectivity index (χ2n) is 3.90. The van der Waals surface area contributed by atoms with Gasteiger partial charge < -0.3 is 10.0 Å². The number of fused-ring (bicyclic) bond motifs is 1. The highest BCUT2D eigenvalue weighted by Gasteiger charge is 2.28. The number of aromatic carboxylic acids is 1. The zero-order valence-corrected chi connectivity index (χ0v) is 10.1. The molecule has 1 aromatic heterocycles. The van der Waals surface area contributed by atoms with Gasteiger partial charge >= 0.3 is 5.97 Å². The lowest BCUT2D eigenvalue weighted by atomic mass is 10.1. The highest BCUT2D eigenvalue weighted by Crippen LogP contribution is 2.22. The summed E-state index contributed by atoms with van der Waals surface area (Å²) < 4.78 is 1.35. The number of carbonyl (C=O) groups excluding carboxylic acids is 1. The van der Waals surface area contributed by atoms with E-state index in [2.05, 4.69) is 5.10 Å². The van der Waals surface area contributed by atoms with Gasteiger partial charge in [0, 0.05) is 32.1 Å². The molecule has 0 saturated carbocycles. The first-order chi connectivity index (χ1) is 8.04. The molecule has 1 aromatic rings. The number of carboxylic acid groups (broad SMARTS) is 1. The van der Waals surface area contributed by atoms with Crippen LogP contribution in [0.25, 0.3) is 0 Å². The van der Waals surface area contributed by atoms with Gasteiger partial charge in [-0.15, -0.1) is 11.6 Å². The van der Waals surface area contributed by atoms with Crippen LogP contribution in [0.1, 0.15) is 21.7 Å². The fraction of sp³-hybridized carbons (Fsp3) is 0.500. The van der Waals surface area contributed by atoms with Crippen LogP contribution in [-0.4, -0.2) is 44.1 Å². The molecule has 92 valence electrons. The molecule has 1 aliphatic heterocycles. The summed E-state index contributed by atoms with van der Waals surface area (Å²) in [5, 5.41) is 13.3. The molecule has 1 N–H and O–H groups in total. The minimum atomic E-state index is -1.03. The lowest BCUT2D eigenvalue weighted by Crippen LogP contribution is -2.37. The number of amides is 1. The topological polar surface area (TPSA) is 75.4 Å². The van der Waals surface area contributed by atoms with Gasteiger partial charge in [-0.2, -0.15) is 5.10 Å². The number of carbonyl (C=O) groups is 2. The SMILES string of the molecule is Cn1nc2c(c1C(=O)O)CN(C(=O)CCl)CC2. The van der Waals surface area contributed by atoms with Crippen molar-refractivity contribution >= 4 is 23.5 Å². The molecule has 0 spiro atoms. The number of nitrogens with zero attached hydrogens (tertiary/aromatic N) is 3. The van der Waals surface area contributed by atoms with Crippen LogP contribution >= 0.6 is 11.6 Å². The zero-order valence-electron chi connectivity index (χ0n) is 9.31. The van der Waals surface area contributed by atoms with Crippen molar-refractivity contribution in [1.29, 1.82) is 0 Å². The number of aryl methyl sites for hydroxylation is 1. The van der Waals surface area contributed by atoms with E-state index < -0.39 is 5.97 Å². The van der Waals surface area contributed by atoms with Gasteiger partial charge in [0.25, 0.3) is 0 Å². The number of aromatic nitrogens is 2. The lowest BCUT2D eigenvalue weighted by Gasteiger charge is -2.25. The van der Waals surface area contributed by atoms with E-state index in [1.165, 1.54) is 4.68 Å². The molecule has 1 aliphatic rings. The summed E-state index contributed by atoms with van der Waals surface area (Å²) in [4.78, 5) is 24.2. The first-order valence-corrected chi connectivity index (χ1v) is 5.69. The molecule has 0 bridgehead atoms. The molecule has 1 amide bonds. The van der Waals surface area contributed by atoms with Crippen LogP contribution in [0.15, 0.2) is 0 Å². The zero-order chi connectivity index (χ0) is 12.6. The normalized spacial score (nSPS) is 14.6. The molecule has 0 saturated heterocycles. The molecule has 0 fully saturated rings. The molecule has 2 heterocycles. The Morgan fingerprint density at radius 2 is 2.24 bits per heavy atom. The van der Waals surface area contributed by atoms with E-state index in [9.17, 15) is 9.59 Å². The molecule has 2 rings (SSSR count). The number of carboxylic acids is 1. The third kappa shape index (κ3) is 2.00. The largest absolute Gasteiger partial charge is 0.477 e. The highest BCUT2D eigenvalue weighted by atomic mass is 35.5. The predicted octanol–water partition coefficient (Wildman–Crippen LogP) is 0.242. The van der Waals surface area contributed by atoms with E-state index in [4.69, 9.17) is 16.7 Å². The van der Waals surface area contributed by atoms with Crippen LogP contribution in [-0.2, 0) is 24.8 Å². The maximum atomic E-state index is 11.5. The first-order valence-electron chi connectivity index (χ1n) is 5.16. The van der Waals surface area contributed by atoms with Gasteiger partial charge in [0.1, 0.15) is 5.88 Å². The summed E-state index contributed by atoms with van der Waals surface area (Å²) >= 11 is 5.49. The third-order valence-electron chi connectivity index (χ3n) is 2.87. The van der Waals surface area contributed by atoms with Crippen LogP contribution in [0.2, 0.25) is 0 Å². The van der Waals surface area contributed by atoms with Crippen molar-refractivity contribution in [3.05, 3.63) is 17.0 Å². The Kier molecular flexibility index (Phi) is 3.06. The van der Waals surface area contributed by atoms with Crippen molar-refractivity contribution in [2.24, 2.45) is 7.05 Å². The molecule has 7 heteroatoms. The van der Waals surface area contributed by atoms with Crippen molar-refractivity contribution in [2.75, 3.05) is 12.4 Å². The van der Waals surface area contributed by atoms with E-state index in [1.807, 2.05) is 0 Å². The minimum absolute atomic E-state index is 0.0853. The average molecular weight is 258 g/mol. The van der Waals surface area contributed by atoms with E-state index >= 15 is 0 Å². The number of rotatable bonds is 2. The molecule has 0 radical (unpaired) electrons. The van der Waals surface area contributed by atoms with Gasteiger partial charge in [-0.1, -0.05) is 0 Å². The van der Waals surface area contributed by atoms with Crippen LogP contribution in [0.5, 0.6) is 0 Å².